The molecule has 4 rings (SSSR count). The maximum atomic E-state index is 12.7. The van der Waals surface area contributed by atoms with Crippen molar-refractivity contribution in [1.29, 1.82) is 0 Å². The van der Waals surface area contributed by atoms with Crippen LogP contribution in [0.2, 0.25) is 10.0 Å². The standard InChI is InChI=1S/C19H14Cl2F3N3O/c20-14-3-1-11(7-15(14)21)17-4-2-13(28-17)10-27-6-5-16-12(9-27)8-25-18(26-16)19(22,23)24/h1-4,7-8H,5-6,9-10H2. The number of benzene rings is 1. The van der Waals surface area contributed by atoms with Crippen LogP contribution >= 0.6 is 23.2 Å². The summed E-state index contributed by atoms with van der Waals surface area (Å²) in [4.78, 5) is 9.21. The molecule has 0 spiro atoms. The van der Waals surface area contributed by atoms with Crippen molar-refractivity contribution < 1.29 is 17.6 Å². The van der Waals surface area contributed by atoms with Gasteiger partial charge in [-0.2, -0.15) is 13.2 Å². The van der Waals surface area contributed by atoms with Crippen molar-refractivity contribution in [2.24, 2.45) is 0 Å². The quantitative estimate of drug-likeness (QED) is 0.543. The highest BCUT2D eigenvalue weighted by Crippen LogP contribution is 2.31. The molecule has 2 aromatic heterocycles. The molecule has 146 valence electrons. The summed E-state index contributed by atoms with van der Waals surface area (Å²) in [5, 5.41) is 0.919. The normalized spacial score (nSPS) is 14.9. The predicted octanol–water partition coefficient (Wildman–Crippen LogP) is 5.62. The summed E-state index contributed by atoms with van der Waals surface area (Å²) in [5.41, 5.74) is 1.97. The number of aromatic nitrogens is 2. The van der Waals surface area contributed by atoms with E-state index in [1.54, 1.807) is 12.1 Å². The van der Waals surface area contributed by atoms with Gasteiger partial charge in [0, 0.05) is 36.8 Å². The number of hydrogen-bond acceptors (Lipinski definition) is 4. The molecule has 1 aliphatic rings. The smallest absolute Gasteiger partial charge is 0.451 e. The van der Waals surface area contributed by atoms with E-state index in [4.69, 9.17) is 27.6 Å². The summed E-state index contributed by atoms with van der Waals surface area (Å²) < 4.78 is 44.1. The van der Waals surface area contributed by atoms with E-state index < -0.39 is 12.0 Å². The molecule has 4 nitrogen and oxygen atoms in total. The molecule has 0 atom stereocenters. The average molecular weight is 428 g/mol. The third-order valence-corrected chi connectivity index (χ3v) is 5.25. The van der Waals surface area contributed by atoms with E-state index in [2.05, 4.69) is 14.9 Å². The highest BCUT2D eigenvalue weighted by molar-refractivity contribution is 6.42. The van der Waals surface area contributed by atoms with Crippen molar-refractivity contribution in [3.8, 4) is 11.3 Å². The topological polar surface area (TPSA) is 42.2 Å². The second kappa shape index (κ2) is 7.39. The Kier molecular flexibility index (Phi) is 5.07. The Morgan fingerprint density at radius 3 is 2.68 bits per heavy atom. The van der Waals surface area contributed by atoms with Gasteiger partial charge in [-0.3, -0.25) is 4.90 Å². The molecule has 28 heavy (non-hydrogen) atoms. The fourth-order valence-corrected chi connectivity index (χ4v) is 3.43. The molecule has 0 saturated heterocycles. The average Bonchev–Trinajstić information content (AvgIpc) is 3.11. The Balaban J connectivity index is 1.46. The van der Waals surface area contributed by atoms with Crippen molar-refractivity contribution in [3.63, 3.8) is 0 Å². The van der Waals surface area contributed by atoms with Gasteiger partial charge >= 0.3 is 6.18 Å². The molecule has 0 saturated carbocycles. The monoisotopic (exact) mass is 427 g/mol. The van der Waals surface area contributed by atoms with Gasteiger partial charge in [0.15, 0.2) is 0 Å². The van der Waals surface area contributed by atoms with Crippen LogP contribution in [0.3, 0.4) is 0 Å². The molecule has 1 aromatic carbocycles. The lowest BCUT2D eigenvalue weighted by atomic mass is 10.1. The number of fused-ring (bicyclic) bond motifs is 1. The molecular weight excluding hydrogens is 414 g/mol. The molecule has 0 N–H and O–H groups in total. The highest BCUT2D eigenvalue weighted by atomic mass is 35.5. The van der Waals surface area contributed by atoms with Crippen LogP contribution in [0.4, 0.5) is 13.2 Å². The lowest BCUT2D eigenvalue weighted by molar-refractivity contribution is -0.145. The Hall–Kier alpha value is -2.09. The van der Waals surface area contributed by atoms with E-state index in [0.29, 0.717) is 53.1 Å². The molecule has 0 amide bonds. The molecule has 0 radical (unpaired) electrons. The summed E-state index contributed by atoms with van der Waals surface area (Å²) >= 11 is 12.0. The van der Waals surface area contributed by atoms with Gasteiger partial charge in [-0.05, 0) is 30.3 Å². The van der Waals surface area contributed by atoms with Gasteiger partial charge in [-0.15, -0.1) is 0 Å². The van der Waals surface area contributed by atoms with Gasteiger partial charge in [-0.1, -0.05) is 23.2 Å². The third kappa shape index (κ3) is 4.01. The van der Waals surface area contributed by atoms with Crippen molar-refractivity contribution in [2.75, 3.05) is 6.54 Å². The molecular formula is C19H14Cl2F3N3O. The minimum Gasteiger partial charge on any atom is -0.460 e. The lowest BCUT2D eigenvalue weighted by Gasteiger charge is -2.27. The largest absolute Gasteiger partial charge is 0.460 e. The van der Waals surface area contributed by atoms with Gasteiger partial charge < -0.3 is 4.42 Å². The minimum absolute atomic E-state index is 0.432. The summed E-state index contributed by atoms with van der Waals surface area (Å²) in [6.07, 6.45) is -2.83. The van der Waals surface area contributed by atoms with E-state index in [1.807, 2.05) is 18.2 Å². The number of alkyl halides is 3. The van der Waals surface area contributed by atoms with E-state index in [9.17, 15) is 13.2 Å². The number of rotatable bonds is 3. The van der Waals surface area contributed by atoms with Gasteiger partial charge in [0.25, 0.3) is 0 Å². The Bertz CT molecular complexity index is 1020. The van der Waals surface area contributed by atoms with Crippen LogP contribution in [0.1, 0.15) is 22.8 Å². The summed E-state index contributed by atoms with van der Waals surface area (Å²) in [6, 6.07) is 8.99. The van der Waals surface area contributed by atoms with Crippen LogP contribution in [0, 0.1) is 0 Å². The first-order valence-electron chi connectivity index (χ1n) is 8.48. The molecule has 0 aliphatic carbocycles. The SMILES string of the molecule is FC(F)(F)c1ncc2c(n1)CCN(Cc1ccc(-c3ccc(Cl)c(Cl)c3)o1)C2. The molecule has 1 aliphatic heterocycles. The fourth-order valence-electron chi connectivity index (χ4n) is 3.13. The minimum atomic E-state index is -4.53. The molecule has 3 aromatic rings. The zero-order chi connectivity index (χ0) is 19.9. The predicted molar refractivity (Wildman–Crippen MR) is 99.0 cm³/mol. The summed E-state index contributed by atoms with van der Waals surface area (Å²) in [5.74, 6) is 0.332. The lowest BCUT2D eigenvalue weighted by Crippen LogP contribution is -2.31. The first-order valence-corrected chi connectivity index (χ1v) is 9.23. The van der Waals surface area contributed by atoms with E-state index in [-0.39, 0.29) is 0 Å². The van der Waals surface area contributed by atoms with E-state index in [1.165, 1.54) is 6.20 Å². The van der Waals surface area contributed by atoms with Crippen molar-refractivity contribution in [3.05, 3.63) is 69.4 Å². The van der Waals surface area contributed by atoms with E-state index in [0.717, 1.165) is 11.3 Å². The van der Waals surface area contributed by atoms with Crippen LogP contribution in [-0.4, -0.2) is 21.4 Å². The number of nitrogens with zero attached hydrogens (tertiary/aromatic N) is 3. The molecule has 0 unspecified atom stereocenters. The van der Waals surface area contributed by atoms with Gasteiger partial charge in [-0.25, -0.2) is 9.97 Å². The van der Waals surface area contributed by atoms with Crippen molar-refractivity contribution in [2.45, 2.75) is 25.7 Å². The Morgan fingerprint density at radius 1 is 1.11 bits per heavy atom. The van der Waals surface area contributed by atoms with E-state index >= 15 is 0 Å². The second-order valence-electron chi connectivity index (χ2n) is 6.52. The van der Waals surface area contributed by atoms with Gasteiger partial charge in [0.05, 0.1) is 22.3 Å². The zero-order valence-electron chi connectivity index (χ0n) is 14.4. The zero-order valence-corrected chi connectivity index (χ0v) is 15.9. The molecule has 0 bridgehead atoms. The molecule has 0 fully saturated rings. The van der Waals surface area contributed by atoms with Crippen LogP contribution in [0.15, 0.2) is 40.9 Å². The fraction of sp³-hybridized carbons (Fsp3) is 0.263. The highest BCUT2D eigenvalue weighted by Gasteiger charge is 2.35. The molecule has 9 heteroatoms. The maximum Gasteiger partial charge on any atom is 0.451 e. The van der Waals surface area contributed by atoms with Crippen molar-refractivity contribution >= 4 is 23.2 Å². The summed E-state index contributed by atoms with van der Waals surface area (Å²) in [7, 11) is 0. The second-order valence-corrected chi connectivity index (χ2v) is 7.33. The maximum absolute atomic E-state index is 12.7. The van der Waals surface area contributed by atoms with Crippen LogP contribution in [-0.2, 0) is 25.7 Å². The third-order valence-electron chi connectivity index (χ3n) is 4.51. The van der Waals surface area contributed by atoms with Crippen LogP contribution < -0.4 is 0 Å². The summed E-state index contributed by atoms with van der Waals surface area (Å²) in [6.45, 7) is 1.59. The van der Waals surface area contributed by atoms with Gasteiger partial charge in [0.2, 0.25) is 5.82 Å². The first kappa shape index (κ1) is 19.2. The first-order chi connectivity index (χ1) is 13.3. The number of hydrogen-bond donors (Lipinski definition) is 0. The number of halogens is 5. The Labute approximate surface area is 168 Å². The van der Waals surface area contributed by atoms with Crippen molar-refractivity contribution in [1.82, 2.24) is 14.9 Å². The Morgan fingerprint density at radius 2 is 1.93 bits per heavy atom. The number of furan rings is 1. The van der Waals surface area contributed by atoms with Crippen LogP contribution in [0.5, 0.6) is 0 Å². The van der Waals surface area contributed by atoms with Crippen LogP contribution in [0.25, 0.3) is 11.3 Å². The molecule has 3 heterocycles. The van der Waals surface area contributed by atoms with Gasteiger partial charge in [0.1, 0.15) is 11.5 Å².